The van der Waals surface area contributed by atoms with Gasteiger partial charge in [-0.05, 0) is 30.3 Å². The Balaban J connectivity index is 1.67. The number of rotatable bonds is 7. The van der Waals surface area contributed by atoms with E-state index in [0.29, 0.717) is 18.7 Å². The van der Waals surface area contributed by atoms with Crippen LogP contribution in [0.4, 0.5) is 0 Å². The van der Waals surface area contributed by atoms with Gasteiger partial charge in [0.15, 0.2) is 6.61 Å². The summed E-state index contributed by atoms with van der Waals surface area (Å²) in [5.41, 5.74) is 0.584. The van der Waals surface area contributed by atoms with Crippen LogP contribution in [0.15, 0.2) is 54.6 Å². The molecule has 0 atom stereocenters. The van der Waals surface area contributed by atoms with E-state index in [1.807, 2.05) is 36.4 Å². The lowest BCUT2D eigenvalue weighted by Crippen LogP contribution is -2.32. The molecule has 2 aromatic rings. The Morgan fingerprint density at radius 1 is 1.08 bits per heavy atom. The molecule has 24 heavy (non-hydrogen) atoms. The largest absolute Gasteiger partial charge is 0.492 e. The Kier molecular flexibility index (Phi) is 6.35. The summed E-state index contributed by atoms with van der Waals surface area (Å²) in [6.45, 7) is 0.226. The predicted octanol–water partition coefficient (Wildman–Crippen LogP) is 1.91. The van der Waals surface area contributed by atoms with Gasteiger partial charge in [0.05, 0.1) is 23.7 Å². The van der Waals surface area contributed by atoms with Crippen molar-refractivity contribution in [1.29, 1.82) is 5.26 Å². The van der Waals surface area contributed by atoms with E-state index in [4.69, 9.17) is 14.7 Å². The van der Waals surface area contributed by atoms with Crippen molar-refractivity contribution in [3.8, 4) is 11.8 Å². The van der Waals surface area contributed by atoms with Crippen LogP contribution >= 0.6 is 0 Å². The van der Waals surface area contributed by atoms with Crippen molar-refractivity contribution in [2.24, 2.45) is 0 Å². The number of benzene rings is 2. The number of nitriles is 1. The molecule has 1 amide bonds. The Morgan fingerprint density at radius 2 is 1.88 bits per heavy atom. The molecule has 2 aromatic carbocycles. The standard InChI is InChI=1S/C18H16N2O4/c19-12-14-5-4-6-15(11-14)18(22)24-13-17(21)20-9-10-23-16-7-2-1-3-8-16/h1-8,11H,9-10,13H2,(H,20,21). The molecule has 6 nitrogen and oxygen atoms in total. The minimum absolute atomic E-state index is 0.231. The normalized spacial score (nSPS) is 9.62. The van der Waals surface area contributed by atoms with Gasteiger partial charge in [-0.1, -0.05) is 24.3 Å². The molecule has 0 unspecified atom stereocenters. The van der Waals surface area contributed by atoms with Gasteiger partial charge in [-0.2, -0.15) is 5.26 Å². The molecule has 0 heterocycles. The van der Waals surface area contributed by atoms with E-state index in [0.717, 1.165) is 5.75 Å². The van der Waals surface area contributed by atoms with Crippen LogP contribution < -0.4 is 10.1 Å². The highest BCUT2D eigenvalue weighted by atomic mass is 16.5. The second-order valence-corrected chi connectivity index (χ2v) is 4.78. The highest BCUT2D eigenvalue weighted by Gasteiger charge is 2.10. The lowest BCUT2D eigenvalue weighted by molar-refractivity contribution is -0.124. The third-order valence-corrected chi connectivity index (χ3v) is 3.00. The zero-order chi connectivity index (χ0) is 17.2. The molecule has 6 heteroatoms. The van der Waals surface area contributed by atoms with Gasteiger partial charge < -0.3 is 14.8 Å². The molecule has 0 aliphatic rings. The van der Waals surface area contributed by atoms with Crippen LogP contribution in [-0.2, 0) is 9.53 Å². The van der Waals surface area contributed by atoms with Gasteiger partial charge in [0.25, 0.3) is 5.91 Å². The number of carbonyl (C=O) groups is 2. The van der Waals surface area contributed by atoms with Crippen molar-refractivity contribution >= 4 is 11.9 Å². The summed E-state index contributed by atoms with van der Waals surface area (Å²) in [7, 11) is 0. The first-order valence-electron chi connectivity index (χ1n) is 7.31. The minimum atomic E-state index is -0.650. The maximum atomic E-state index is 11.8. The summed E-state index contributed by atoms with van der Waals surface area (Å²) in [6, 6.07) is 17.3. The van der Waals surface area contributed by atoms with Crippen molar-refractivity contribution in [3.63, 3.8) is 0 Å². The Labute approximate surface area is 139 Å². The van der Waals surface area contributed by atoms with Crippen molar-refractivity contribution in [2.45, 2.75) is 0 Å². The van der Waals surface area contributed by atoms with Crippen LogP contribution in [0, 0.1) is 11.3 Å². The number of nitrogens with one attached hydrogen (secondary N) is 1. The highest BCUT2D eigenvalue weighted by Crippen LogP contribution is 2.07. The molecule has 0 saturated carbocycles. The zero-order valence-electron chi connectivity index (χ0n) is 12.9. The number of ether oxygens (including phenoxy) is 2. The quantitative estimate of drug-likeness (QED) is 0.621. The molecule has 2 rings (SSSR count). The van der Waals surface area contributed by atoms with Gasteiger partial charge in [-0.3, -0.25) is 4.79 Å². The monoisotopic (exact) mass is 324 g/mol. The number of amides is 1. The second-order valence-electron chi connectivity index (χ2n) is 4.78. The topological polar surface area (TPSA) is 88.4 Å². The molecule has 0 aliphatic carbocycles. The fraction of sp³-hybridized carbons (Fsp3) is 0.167. The van der Waals surface area contributed by atoms with E-state index in [-0.39, 0.29) is 12.2 Å². The summed E-state index contributed by atoms with van der Waals surface area (Å²) in [4.78, 5) is 23.4. The molecular formula is C18H16N2O4. The van der Waals surface area contributed by atoms with E-state index in [2.05, 4.69) is 5.32 Å². The molecule has 0 aromatic heterocycles. The third-order valence-electron chi connectivity index (χ3n) is 3.00. The maximum absolute atomic E-state index is 11.8. The van der Waals surface area contributed by atoms with Gasteiger partial charge in [0, 0.05) is 0 Å². The summed E-state index contributed by atoms with van der Waals surface area (Å²) in [6.07, 6.45) is 0. The molecule has 0 bridgehead atoms. The molecule has 0 saturated heterocycles. The van der Waals surface area contributed by atoms with Gasteiger partial charge in [-0.25, -0.2) is 4.79 Å². The maximum Gasteiger partial charge on any atom is 0.338 e. The number of para-hydroxylation sites is 1. The first kappa shape index (κ1) is 17.0. The van der Waals surface area contributed by atoms with E-state index in [1.165, 1.54) is 12.1 Å². The third kappa shape index (κ3) is 5.46. The lowest BCUT2D eigenvalue weighted by atomic mass is 10.1. The number of carbonyl (C=O) groups excluding carboxylic acids is 2. The molecule has 0 radical (unpaired) electrons. The van der Waals surface area contributed by atoms with E-state index in [9.17, 15) is 9.59 Å². The van der Waals surface area contributed by atoms with Crippen LogP contribution in [0.25, 0.3) is 0 Å². The van der Waals surface area contributed by atoms with E-state index in [1.54, 1.807) is 12.1 Å². The predicted molar refractivity (Wildman–Crippen MR) is 86.4 cm³/mol. The van der Waals surface area contributed by atoms with Crippen molar-refractivity contribution in [2.75, 3.05) is 19.8 Å². The van der Waals surface area contributed by atoms with Gasteiger partial charge in [0.1, 0.15) is 12.4 Å². The minimum Gasteiger partial charge on any atom is -0.492 e. The first-order valence-corrected chi connectivity index (χ1v) is 7.31. The van der Waals surface area contributed by atoms with Crippen LogP contribution in [0.2, 0.25) is 0 Å². The summed E-state index contributed by atoms with van der Waals surface area (Å²) >= 11 is 0. The van der Waals surface area contributed by atoms with Crippen molar-refractivity contribution in [3.05, 3.63) is 65.7 Å². The van der Waals surface area contributed by atoms with Crippen LogP contribution in [0.1, 0.15) is 15.9 Å². The van der Waals surface area contributed by atoms with Crippen molar-refractivity contribution < 1.29 is 19.1 Å². The van der Waals surface area contributed by atoms with Gasteiger partial charge >= 0.3 is 5.97 Å². The highest BCUT2D eigenvalue weighted by molar-refractivity contribution is 5.91. The molecule has 0 aliphatic heterocycles. The van der Waals surface area contributed by atoms with Gasteiger partial charge in [-0.15, -0.1) is 0 Å². The van der Waals surface area contributed by atoms with Gasteiger partial charge in [0.2, 0.25) is 0 Å². The van der Waals surface area contributed by atoms with Crippen LogP contribution in [0.3, 0.4) is 0 Å². The Bertz CT molecular complexity index is 738. The number of hydrogen-bond donors (Lipinski definition) is 1. The molecular weight excluding hydrogens is 308 g/mol. The molecule has 122 valence electrons. The second kappa shape index (κ2) is 8.96. The zero-order valence-corrected chi connectivity index (χ0v) is 12.9. The summed E-state index contributed by atoms with van der Waals surface area (Å²) < 4.78 is 10.3. The number of esters is 1. The summed E-state index contributed by atoms with van der Waals surface area (Å²) in [5.74, 6) is -0.352. The fourth-order valence-corrected chi connectivity index (χ4v) is 1.86. The lowest BCUT2D eigenvalue weighted by Gasteiger charge is -2.08. The van der Waals surface area contributed by atoms with Crippen LogP contribution in [-0.4, -0.2) is 31.6 Å². The average molecular weight is 324 g/mol. The SMILES string of the molecule is N#Cc1cccc(C(=O)OCC(=O)NCCOc2ccccc2)c1. The number of nitrogens with zero attached hydrogens (tertiary/aromatic N) is 1. The fourth-order valence-electron chi connectivity index (χ4n) is 1.86. The van der Waals surface area contributed by atoms with E-state index < -0.39 is 11.9 Å². The van der Waals surface area contributed by atoms with Crippen LogP contribution in [0.5, 0.6) is 5.75 Å². The summed E-state index contributed by atoms with van der Waals surface area (Å²) in [5, 5.41) is 11.4. The van der Waals surface area contributed by atoms with E-state index >= 15 is 0 Å². The Morgan fingerprint density at radius 3 is 2.62 bits per heavy atom. The first-order chi connectivity index (χ1) is 11.7. The molecule has 1 N–H and O–H groups in total. The smallest absolute Gasteiger partial charge is 0.338 e. The molecule has 0 spiro atoms. The molecule has 0 fully saturated rings. The number of hydrogen-bond acceptors (Lipinski definition) is 5. The van der Waals surface area contributed by atoms with Crippen molar-refractivity contribution in [1.82, 2.24) is 5.32 Å². The average Bonchev–Trinajstić information content (AvgIpc) is 2.64. The Hall–Kier alpha value is -3.33.